The molecule has 2 aromatic carbocycles. The van der Waals surface area contributed by atoms with Gasteiger partial charge in [0.1, 0.15) is 23.2 Å². The van der Waals surface area contributed by atoms with Gasteiger partial charge in [-0.2, -0.15) is 0 Å². The minimum atomic E-state index is -0.532. The number of nitrogens with one attached hydrogen (secondary N) is 1. The van der Waals surface area contributed by atoms with Crippen LogP contribution in [0.25, 0.3) is 11.0 Å². The number of para-hydroxylation sites is 1. The molecule has 20 heavy (non-hydrogen) atoms. The quantitative estimate of drug-likeness (QED) is 0.564. The first kappa shape index (κ1) is 13.3. The Morgan fingerprint density at radius 3 is 2.65 bits per heavy atom. The molecule has 0 bridgehead atoms. The largest absolute Gasteiger partial charge is 0.458 e. The summed E-state index contributed by atoms with van der Waals surface area (Å²) >= 11 is 3.43. The van der Waals surface area contributed by atoms with Crippen molar-refractivity contribution < 1.29 is 8.81 Å². The molecule has 3 aromatic rings. The Hall–Kier alpha value is -1.69. The maximum absolute atomic E-state index is 13.9. The number of hydrazine groups is 1. The van der Waals surface area contributed by atoms with Gasteiger partial charge in [0.25, 0.3) is 0 Å². The Morgan fingerprint density at radius 2 is 1.95 bits per heavy atom. The van der Waals surface area contributed by atoms with E-state index in [1.165, 1.54) is 6.07 Å². The van der Waals surface area contributed by atoms with Gasteiger partial charge < -0.3 is 4.42 Å². The highest BCUT2D eigenvalue weighted by atomic mass is 79.9. The maximum Gasteiger partial charge on any atom is 0.148 e. The van der Waals surface area contributed by atoms with Crippen LogP contribution in [0, 0.1) is 5.82 Å². The number of benzene rings is 2. The fourth-order valence-electron chi connectivity index (χ4n) is 2.22. The van der Waals surface area contributed by atoms with E-state index in [2.05, 4.69) is 21.4 Å². The van der Waals surface area contributed by atoms with Crippen LogP contribution < -0.4 is 11.3 Å². The second-order valence-electron chi connectivity index (χ2n) is 4.43. The summed E-state index contributed by atoms with van der Waals surface area (Å²) in [6.45, 7) is 0. The lowest BCUT2D eigenvalue weighted by Gasteiger charge is -2.14. The molecule has 0 saturated heterocycles. The first-order chi connectivity index (χ1) is 9.70. The zero-order chi connectivity index (χ0) is 14.1. The van der Waals surface area contributed by atoms with Gasteiger partial charge in [-0.3, -0.25) is 5.84 Å². The zero-order valence-electron chi connectivity index (χ0n) is 10.4. The minimum Gasteiger partial charge on any atom is -0.458 e. The summed E-state index contributed by atoms with van der Waals surface area (Å²) in [7, 11) is 0. The van der Waals surface area contributed by atoms with Crippen molar-refractivity contribution in [2.45, 2.75) is 6.04 Å². The van der Waals surface area contributed by atoms with Crippen molar-refractivity contribution in [1.29, 1.82) is 0 Å². The van der Waals surface area contributed by atoms with Crippen molar-refractivity contribution in [3.63, 3.8) is 0 Å². The van der Waals surface area contributed by atoms with E-state index in [0.717, 1.165) is 15.4 Å². The number of halogens is 2. The first-order valence-corrected chi connectivity index (χ1v) is 6.88. The molecule has 3 rings (SSSR count). The highest BCUT2D eigenvalue weighted by molar-refractivity contribution is 9.10. The molecule has 3 N–H and O–H groups in total. The van der Waals surface area contributed by atoms with Gasteiger partial charge in [0, 0.05) is 10.9 Å². The smallest absolute Gasteiger partial charge is 0.148 e. The zero-order valence-corrected chi connectivity index (χ0v) is 12.0. The van der Waals surface area contributed by atoms with Gasteiger partial charge in [0.15, 0.2) is 0 Å². The van der Waals surface area contributed by atoms with Crippen molar-refractivity contribution in [1.82, 2.24) is 5.43 Å². The van der Waals surface area contributed by atoms with Gasteiger partial charge in [-0.25, -0.2) is 9.82 Å². The van der Waals surface area contributed by atoms with Gasteiger partial charge in [-0.1, -0.05) is 30.3 Å². The lowest BCUT2D eigenvalue weighted by atomic mass is 10.0. The summed E-state index contributed by atoms with van der Waals surface area (Å²) in [5.74, 6) is 5.82. The second-order valence-corrected chi connectivity index (χ2v) is 5.28. The average molecular weight is 335 g/mol. The predicted octanol–water partition coefficient (Wildman–Crippen LogP) is 3.89. The third-order valence-corrected chi connectivity index (χ3v) is 3.81. The molecule has 0 aliphatic rings. The van der Waals surface area contributed by atoms with Crippen LogP contribution in [0.5, 0.6) is 0 Å². The molecule has 5 heteroatoms. The number of fused-ring (bicyclic) bond motifs is 1. The number of rotatable bonds is 3. The first-order valence-electron chi connectivity index (χ1n) is 6.09. The van der Waals surface area contributed by atoms with Crippen LogP contribution in [0.4, 0.5) is 4.39 Å². The SMILES string of the molecule is NNC(c1cc2cccc(Br)c2o1)c1ccccc1F. The molecular weight excluding hydrogens is 323 g/mol. The van der Waals surface area contributed by atoms with Crippen molar-refractivity contribution in [3.8, 4) is 0 Å². The van der Waals surface area contributed by atoms with Crippen molar-refractivity contribution in [3.05, 3.63) is 70.1 Å². The van der Waals surface area contributed by atoms with Crippen LogP contribution in [0.15, 0.2) is 57.4 Å². The molecule has 1 unspecified atom stereocenters. The summed E-state index contributed by atoms with van der Waals surface area (Å²) in [6.07, 6.45) is 0. The van der Waals surface area contributed by atoms with Crippen LogP contribution >= 0.6 is 15.9 Å². The van der Waals surface area contributed by atoms with Crippen LogP contribution in [-0.2, 0) is 0 Å². The Bertz CT molecular complexity index is 756. The van der Waals surface area contributed by atoms with Crippen LogP contribution in [0.2, 0.25) is 0 Å². The summed E-state index contributed by atoms with van der Waals surface area (Å²) < 4.78 is 20.6. The molecular formula is C15H12BrFN2O. The fourth-order valence-corrected chi connectivity index (χ4v) is 2.69. The van der Waals surface area contributed by atoms with Crippen LogP contribution in [0.3, 0.4) is 0 Å². The van der Waals surface area contributed by atoms with Crippen LogP contribution in [0.1, 0.15) is 17.4 Å². The molecule has 0 aliphatic carbocycles. The number of furan rings is 1. The summed E-state index contributed by atoms with van der Waals surface area (Å²) in [4.78, 5) is 0. The molecule has 0 radical (unpaired) electrons. The highest BCUT2D eigenvalue weighted by Gasteiger charge is 2.20. The van der Waals surface area contributed by atoms with E-state index in [1.807, 2.05) is 24.3 Å². The van der Waals surface area contributed by atoms with E-state index >= 15 is 0 Å². The van der Waals surface area contributed by atoms with Crippen LogP contribution in [-0.4, -0.2) is 0 Å². The van der Waals surface area contributed by atoms with E-state index in [0.29, 0.717) is 11.3 Å². The van der Waals surface area contributed by atoms with E-state index in [-0.39, 0.29) is 5.82 Å². The number of nitrogens with two attached hydrogens (primary N) is 1. The van der Waals surface area contributed by atoms with Crippen molar-refractivity contribution in [2.75, 3.05) is 0 Å². The van der Waals surface area contributed by atoms with Gasteiger partial charge in [0.05, 0.1) is 4.47 Å². The molecule has 0 spiro atoms. The van der Waals surface area contributed by atoms with E-state index in [4.69, 9.17) is 10.3 Å². The fraction of sp³-hybridized carbons (Fsp3) is 0.0667. The van der Waals surface area contributed by atoms with Gasteiger partial charge >= 0.3 is 0 Å². The Labute approximate surface area is 123 Å². The molecule has 3 nitrogen and oxygen atoms in total. The van der Waals surface area contributed by atoms with Gasteiger partial charge in [0.2, 0.25) is 0 Å². The second kappa shape index (κ2) is 5.36. The third kappa shape index (κ3) is 2.24. The molecule has 1 atom stereocenters. The van der Waals surface area contributed by atoms with Crippen molar-refractivity contribution >= 4 is 26.9 Å². The molecule has 0 saturated carbocycles. The number of hydrogen-bond acceptors (Lipinski definition) is 3. The molecule has 102 valence electrons. The average Bonchev–Trinajstić information content (AvgIpc) is 2.87. The highest BCUT2D eigenvalue weighted by Crippen LogP contribution is 2.32. The molecule has 0 fully saturated rings. The van der Waals surface area contributed by atoms with E-state index < -0.39 is 6.04 Å². The molecule has 0 aliphatic heterocycles. The van der Waals surface area contributed by atoms with E-state index in [1.54, 1.807) is 18.2 Å². The molecule has 1 aromatic heterocycles. The minimum absolute atomic E-state index is 0.324. The van der Waals surface area contributed by atoms with Gasteiger partial charge in [-0.15, -0.1) is 0 Å². The third-order valence-electron chi connectivity index (χ3n) is 3.18. The van der Waals surface area contributed by atoms with Gasteiger partial charge in [-0.05, 0) is 34.1 Å². The molecule has 0 amide bonds. The summed E-state index contributed by atoms with van der Waals surface area (Å²) in [5.41, 5.74) is 3.78. The summed E-state index contributed by atoms with van der Waals surface area (Å²) in [6, 6.07) is 13.6. The Morgan fingerprint density at radius 1 is 1.15 bits per heavy atom. The lowest BCUT2D eigenvalue weighted by molar-refractivity contribution is 0.462. The van der Waals surface area contributed by atoms with E-state index in [9.17, 15) is 4.39 Å². The molecule has 1 heterocycles. The standard InChI is InChI=1S/C15H12BrFN2O/c16-11-6-3-4-9-8-13(20-15(9)11)14(19-18)10-5-1-2-7-12(10)17/h1-8,14,19H,18H2. The monoisotopic (exact) mass is 334 g/mol. The maximum atomic E-state index is 13.9. The topological polar surface area (TPSA) is 51.2 Å². The lowest BCUT2D eigenvalue weighted by Crippen LogP contribution is -2.29. The van der Waals surface area contributed by atoms with Crippen molar-refractivity contribution in [2.24, 2.45) is 5.84 Å². The normalized spacial score (nSPS) is 12.8. The Kier molecular flexibility index (Phi) is 3.56. The summed E-state index contributed by atoms with van der Waals surface area (Å²) in [5, 5.41) is 0.936. The number of hydrogen-bond donors (Lipinski definition) is 2. The Balaban J connectivity index is 2.12. The predicted molar refractivity (Wildman–Crippen MR) is 79.5 cm³/mol.